The fourth-order valence-corrected chi connectivity index (χ4v) is 3.10. The van der Waals surface area contributed by atoms with Crippen molar-refractivity contribution in [1.82, 2.24) is 25.0 Å². The van der Waals surface area contributed by atoms with Crippen molar-refractivity contribution >= 4 is 16.8 Å². The highest BCUT2D eigenvalue weighted by molar-refractivity contribution is 5.77. The molecule has 1 N–H and O–H groups in total. The van der Waals surface area contributed by atoms with E-state index in [1.807, 2.05) is 37.3 Å². The van der Waals surface area contributed by atoms with Crippen LogP contribution < -0.4 is 5.56 Å². The van der Waals surface area contributed by atoms with Gasteiger partial charge >= 0.3 is 0 Å². The monoisotopic (exact) mass is 403 g/mol. The third-order valence-corrected chi connectivity index (χ3v) is 4.81. The van der Waals surface area contributed by atoms with Gasteiger partial charge in [-0.1, -0.05) is 47.1 Å². The molecule has 30 heavy (non-hydrogen) atoms. The van der Waals surface area contributed by atoms with E-state index in [0.717, 1.165) is 11.1 Å². The van der Waals surface area contributed by atoms with Gasteiger partial charge in [0, 0.05) is 25.5 Å². The zero-order valence-corrected chi connectivity index (χ0v) is 16.8. The molecular formula is C22H21N5O3. The summed E-state index contributed by atoms with van der Waals surface area (Å²) in [7, 11) is 1.67. The van der Waals surface area contributed by atoms with Crippen LogP contribution in [0.1, 0.15) is 23.7 Å². The number of carbonyl (C=O) groups excluding carboxylic acids is 1. The lowest BCUT2D eigenvalue weighted by Crippen LogP contribution is -2.28. The van der Waals surface area contributed by atoms with Gasteiger partial charge in [-0.05, 0) is 19.1 Å². The molecule has 2 aromatic carbocycles. The SMILES string of the molecule is Cc1ccc(-c2noc(CCC(=O)N(C)Cc3nc4ccccc4c(=O)[nH]3)n2)cc1. The van der Waals surface area contributed by atoms with Crippen LogP contribution >= 0.6 is 0 Å². The molecule has 0 saturated heterocycles. The molecule has 0 unspecified atom stereocenters. The van der Waals surface area contributed by atoms with Gasteiger partial charge in [0.25, 0.3) is 5.56 Å². The van der Waals surface area contributed by atoms with E-state index in [4.69, 9.17) is 4.52 Å². The van der Waals surface area contributed by atoms with Crippen LogP contribution in [0, 0.1) is 6.92 Å². The van der Waals surface area contributed by atoms with Crippen LogP contribution in [0.3, 0.4) is 0 Å². The number of nitrogens with one attached hydrogen (secondary N) is 1. The van der Waals surface area contributed by atoms with Crippen LogP contribution in [0.15, 0.2) is 57.8 Å². The molecule has 8 nitrogen and oxygen atoms in total. The van der Waals surface area contributed by atoms with Gasteiger partial charge in [-0.3, -0.25) is 9.59 Å². The number of H-pyrrole nitrogens is 1. The second-order valence-electron chi connectivity index (χ2n) is 7.16. The van der Waals surface area contributed by atoms with Crippen LogP contribution in [-0.2, 0) is 17.8 Å². The van der Waals surface area contributed by atoms with Crippen molar-refractivity contribution in [2.24, 2.45) is 0 Å². The minimum Gasteiger partial charge on any atom is -0.339 e. The molecule has 4 rings (SSSR count). The molecule has 4 aromatic rings. The van der Waals surface area contributed by atoms with E-state index in [2.05, 4.69) is 20.1 Å². The molecule has 0 saturated carbocycles. The van der Waals surface area contributed by atoms with Gasteiger partial charge in [-0.25, -0.2) is 4.98 Å². The van der Waals surface area contributed by atoms with Crippen molar-refractivity contribution in [3.05, 3.63) is 76.2 Å². The van der Waals surface area contributed by atoms with Crippen LogP contribution in [0.4, 0.5) is 0 Å². The lowest BCUT2D eigenvalue weighted by molar-refractivity contribution is -0.130. The summed E-state index contributed by atoms with van der Waals surface area (Å²) in [5.74, 6) is 1.24. The van der Waals surface area contributed by atoms with Gasteiger partial charge in [0.15, 0.2) is 0 Å². The Labute approximate surface area is 172 Å². The molecule has 0 bridgehead atoms. The smallest absolute Gasteiger partial charge is 0.258 e. The summed E-state index contributed by atoms with van der Waals surface area (Å²) in [4.78, 5) is 37.7. The number of hydrogen-bond donors (Lipinski definition) is 1. The number of aromatic nitrogens is 4. The van der Waals surface area contributed by atoms with Crippen molar-refractivity contribution in [3.8, 4) is 11.4 Å². The molecule has 8 heteroatoms. The molecule has 0 aliphatic rings. The molecular weight excluding hydrogens is 382 g/mol. The average Bonchev–Trinajstić information content (AvgIpc) is 3.21. The van der Waals surface area contributed by atoms with E-state index in [0.29, 0.717) is 34.9 Å². The summed E-state index contributed by atoms with van der Waals surface area (Å²) in [5, 5.41) is 4.51. The second-order valence-corrected chi connectivity index (χ2v) is 7.16. The molecule has 152 valence electrons. The van der Waals surface area contributed by atoms with Crippen molar-refractivity contribution in [1.29, 1.82) is 0 Å². The van der Waals surface area contributed by atoms with Crippen LogP contribution in [-0.4, -0.2) is 38.0 Å². The molecule has 0 atom stereocenters. The summed E-state index contributed by atoms with van der Waals surface area (Å²) in [6, 6.07) is 14.9. The van der Waals surface area contributed by atoms with Crippen molar-refractivity contribution < 1.29 is 9.32 Å². The predicted molar refractivity (Wildman–Crippen MR) is 112 cm³/mol. The third kappa shape index (κ3) is 4.27. The van der Waals surface area contributed by atoms with E-state index in [1.165, 1.54) is 4.90 Å². The number of benzene rings is 2. The van der Waals surface area contributed by atoms with Gasteiger partial charge in [0.1, 0.15) is 5.82 Å². The van der Waals surface area contributed by atoms with Crippen molar-refractivity contribution in [2.75, 3.05) is 7.05 Å². The maximum atomic E-state index is 12.5. The van der Waals surface area contributed by atoms with Crippen LogP contribution in [0.2, 0.25) is 0 Å². The number of fused-ring (bicyclic) bond motifs is 1. The topological polar surface area (TPSA) is 105 Å². The lowest BCUT2D eigenvalue weighted by Gasteiger charge is -2.16. The molecule has 0 aliphatic carbocycles. The summed E-state index contributed by atoms with van der Waals surface area (Å²) in [6.07, 6.45) is 0.549. The summed E-state index contributed by atoms with van der Waals surface area (Å²) < 4.78 is 5.27. The van der Waals surface area contributed by atoms with Gasteiger partial charge in [-0.2, -0.15) is 4.98 Å². The Hall–Kier alpha value is -3.81. The van der Waals surface area contributed by atoms with Crippen molar-refractivity contribution in [3.63, 3.8) is 0 Å². The first-order chi connectivity index (χ1) is 14.5. The second kappa shape index (κ2) is 8.28. The predicted octanol–water partition coefficient (Wildman–Crippen LogP) is 2.87. The standard InChI is InChI=1S/C22H21N5O3/c1-14-7-9-15(10-8-14)21-25-19(30-26-21)11-12-20(28)27(2)13-18-23-17-6-4-3-5-16(17)22(29)24-18/h3-10H,11-13H2,1-2H3,(H,23,24,29). The number of carbonyl (C=O) groups is 1. The Kier molecular flexibility index (Phi) is 5.38. The molecule has 2 heterocycles. The highest BCUT2D eigenvalue weighted by Gasteiger charge is 2.15. The van der Waals surface area contributed by atoms with Crippen molar-refractivity contribution in [2.45, 2.75) is 26.3 Å². The summed E-state index contributed by atoms with van der Waals surface area (Å²) in [6.45, 7) is 2.22. The lowest BCUT2D eigenvalue weighted by atomic mass is 10.1. The normalized spacial score (nSPS) is 11.0. The third-order valence-electron chi connectivity index (χ3n) is 4.81. The summed E-state index contributed by atoms with van der Waals surface area (Å²) >= 11 is 0. The number of nitrogens with zero attached hydrogens (tertiary/aromatic N) is 4. The van der Waals surface area contributed by atoms with E-state index in [1.54, 1.807) is 25.2 Å². The quantitative estimate of drug-likeness (QED) is 0.531. The van der Waals surface area contributed by atoms with Gasteiger partial charge in [0.05, 0.1) is 17.4 Å². The zero-order valence-electron chi connectivity index (χ0n) is 16.8. The van der Waals surface area contributed by atoms with Gasteiger partial charge < -0.3 is 14.4 Å². The Balaban J connectivity index is 1.37. The fourth-order valence-electron chi connectivity index (χ4n) is 3.10. The highest BCUT2D eigenvalue weighted by Crippen LogP contribution is 2.17. The first-order valence-electron chi connectivity index (χ1n) is 9.61. The Morgan fingerprint density at radius 1 is 1.10 bits per heavy atom. The molecule has 0 spiro atoms. The molecule has 1 amide bonds. The first kappa shape index (κ1) is 19.5. The van der Waals surface area contributed by atoms with Gasteiger partial charge in [-0.15, -0.1) is 0 Å². The zero-order chi connectivity index (χ0) is 21.1. The first-order valence-corrected chi connectivity index (χ1v) is 9.61. The van der Waals surface area contributed by atoms with E-state index in [9.17, 15) is 9.59 Å². The molecule has 0 radical (unpaired) electrons. The van der Waals surface area contributed by atoms with Crippen LogP contribution in [0.5, 0.6) is 0 Å². The maximum Gasteiger partial charge on any atom is 0.258 e. The maximum absolute atomic E-state index is 12.5. The largest absolute Gasteiger partial charge is 0.339 e. The van der Waals surface area contributed by atoms with Crippen LogP contribution in [0.25, 0.3) is 22.3 Å². The molecule has 0 fully saturated rings. The minimum absolute atomic E-state index is 0.110. The molecule has 2 aromatic heterocycles. The number of aromatic amines is 1. The van der Waals surface area contributed by atoms with E-state index in [-0.39, 0.29) is 24.4 Å². The minimum atomic E-state index is -0.217. The fraction of sp³-hybridized carbons (Fsp3) is 0.227. The number of hydrogen-bond acceptors (Lipinski definition) is 6. The van der Waals surface area contributed by atoms with E-state index < -0.39 is 0 Å². The van der Waals surface area contributed by atoms with E-state index >= 15 is 0 Å². The van der Waals surface area contributed by atoms with Gasteiger partial charge in [0.2, 0.25) is 17.6 Å². The summed E-state index contributed by atoms with van der Waals surface area (Å²) in [5.41, 5.74) is 2.40. The average molecular weight is 403 g/mol. The Morgan fingerprint density at radius 3 is 2.67 bits per heavy atom. The number of para-hydroxylation sites is 1. The number of rotatable bonds is 6. The molecule has 0 aliphatic heterocycles. The Morgan fingerprint density at radius 2 is 1.87 bits per heavy atom. The number of aryl methyl sites for hydroxylation is 2. The number of amides is 1. The highest BCUT2D eigenvalue weighted by atomic mass is 16.5. The Bertz CT molecular complexity index is 1240.